The molecule has 1 aliphatic rings. The van der Waals surface area contributed by atoms with Crippen LogP contribution in [0.4, 0.5) is 0 Å². The highest BCUT2D eigenvalue weighted by Gasteiger charge is 2.26. The van der Waals surface area contributed by atoms with Gasteiger partial charge in [-0.2, -0.15) is 0 Å². The van der Waals surface area contributed by atoms with Crippen LogP contribution < -0.4 is 0 Å². The molecule has 0 saturated carbocycles. The summed E-state index contributed by atoms with van der Waals surface area (Å²) < 4.78 is 4.98. The van der Waals surface area contributed by atoms with Crippen molar-refractivity contribution in [3.8, 4) is 0 Å². The second-order valence-corrected chi connectivity index (χ2v) is 4.72. The Morgan fingerprint density at radius 1 is 1.35 bits per heavy atom. The first-order valence-corrected chi connectivity index (χ1v) is 6.00. The number of esters is 1. The molecular weight excluding hydrogens is 212 g/mol. The van der Waals surface area contributed by atoms with Crippen molar-refractivity contribution >= 4 is 5.97 Å². The SMILES string of the molecule is C=C1C(=O)OCCC1Cc1c(C)cccc1C. The second-order valence-electron chi connectivity index (χ2n) is 4.72. The lowest BCUT2D eigenvalue weighted by Gasteiger charge is -2.24. The highest BCUT2D eigenvalue weighted by atomic mass is 16.5. The van der Waals surface area contributed by atoms with Crippen LogP contribution in [0.5, 0.6) is 0 Å². The van der Waals surface area contributed by atoms with Gasteiger partial charge in [-0.15, -0.1) is 0 Å². The smallest absolute Gasteiger partial charge is 0.333 e. The molecule has 0 spiro atoms. The van der Waals surface area contributed by atoms with Crippen LogP contribution >= 0.6 is 0 Å². The van der Waals surface area contributed by atoms with Crippen LogP contribution in [0.25, 0.3) is 0 Å². The van der Waals surface area contributed by atoms with Crippen LogP contribution in [-0.2, 0) is 16.0 Å². The number of aryl methyl sites for hydroxylation is 2. The van der Waals surface area contributed by atoms with Gasteiger partial charge >= 0.3 is 5.97 Å². The normalized spacial score (nSPS) is 20.2. The summed E-state index contributed by atoms with van der Waals surface area (Å²) in [5.41, 5.74) is 4.54. The number of rotatable bonds is 2. The Morgan fingerprint density at radius 2 is 2.00 bits per heavy atom. The van der Waals surface area contributed by atoms with Crippen molar-refractivity contribution in [3.63, 3.8) is 0 Å². The van der Waals surface area contributed by atoms with E-state index in [0.29, 0.717) is 12.2 Å². The fourth-order valence-electron chi connectivity index (χ4n) is 2.37. The molecule has 90 valence electrons. The lowest BCUT2D eigenvalue weighted by Crippen LogP contribution is -2.25. The number of hydrogen-bond donors (Lipinski definition) is 0. The van der Waals surface area contributed by atoms with Crippen LogP contribution in [-0.4, -0.2) is 12.6 Å². The molecule has 0 bridgehead atoms. The molecule has 0 amide bonds. The molecule has 2 rings (SSSR count). The predicted octanol–water partition coefficient (Wildman–Crippen LogP) is 2.97. The number of ether oxygens (including phenoxy) is 1. The molecule has 1 unspecified atom stereocenters. The minimum Gasteiger partial charge on any atom is -0.462 e. The first-order valence-electron chi connectivity index (χ1n) is 6.00. The van der Waals surface area contributed by atoms with Crippen LogP contribution in [0.3, 0.4) is 0 Å². The zero-order valence-electron chi connectivity index (χ0n) is 10.5. The van der Waals surface area contributed by atoms with Gasteiger partial charge in [0.1, 0.15) is 0 Å². The van der Waals surface area contributed by atoms with Gasteiger partial charge in [0.15, 0.2) is 0 Å². The third-order valence-corrected chi connectivity index (χ3v) is 3.55. The summed E-state index contributed by atoms with van der Waals surface area (Å²) in [7, 11) is 0. The van der Waals surface area contributed by atoms with E-state index in [1.807, 2.05) is 0 Å². The Morgan fingerprint density at radius 3 is 2.65 bits per heavy atom. The first kappa shape index (κ1) is 11.9. The number of benzene rings is 1. The average Bonchev–Trinajstić information content (AvgIpc) is 2.29. The lowest BCUT2D eigenvalue weighted by molar-refractivity contribution is -0.142. The second kappa shape index (κ2) is 4.74. The third kappa shape index (κ3) is 2.41. The van der Waals surface area contributed by atoms with Gasteiger partial charge in [0, 0.05) is 5.57 Å². The maximum absolute atomic E-state index is 11.4. The molecule has 1 heterocycles. The number of carbonyl (C=O) groups is 1. The molecule has 1 aliphatic heterocycles. The van der Waals surface area contributed by atoms with Gasteiger partial charge in [0.05, 0.1) is 6.61 Å². The lowest BCUT2D eigenvalue weighted by atomic mass is 9.85. The van der Waals surface area contributed by atoms with Crippen molar-refractivity contribution in [2.24, 2.45) is 5.92 Å². The maximum Gasteiger partial charge on any atom is 0.333 e. The van der Waals surface area contributed by atoms with Crippen molar-refractivity contribution in [2.45, 2.75) is 26.7 Å². The van der Waals surface area contributed by atoms with E-state index in [4.69, 9.17) is 4.74 Å². The molecule has 2 heteroatoms. The summed E-state index contributed by atoms with van der Waals surface area (Å²) >= 11 is 0. The minimum absolute atomic E-state index is 0.229. The summed E-state index contributed by atoms with van der Waals surface area (Å²) in [6.07, 6.45) is 1.78. The van der Waals surface area contributed by atoms with E-state index >= 15 is 0 Å². The van der Waals surface area contributed by atoms with Crippen molar-refractivity contribution in [1.29, 1.82) is 0 Å². The fourth-order valence-corrected chi connectivity index (χ4v) is 2.37. The van der Waals surface area contributed by atoms with E-state index in [1.165, 1.54) is 16.7 Å². The topological polar surface area (TPSA) is 26.3 Å². The molecule has 2 nitrogen and oxygen atoms in total. The molecule has 1 atom stereocenters. The van der Waals surface area contributed by atoms with Crippen LogP contribution in [0, 0.1) is 19.8 Å². The molecule has 1 fully saturated rings. The van der Waals surface area contributed by atoms with Crippen LogP contribution in [0.15, 0.2) is 30.4 Å². The van der Waals surface area contributed by atoms with E-state index < -0.39 is 0 Å². The van der Waals surface area contributed by atoms with Gasteiger partial charge in [0.2, 0.25) is 0 Å². The highest BCUT2D eigenvalue weighted by Crippen LogP contribution is 2.27. The Hall–Kier alpha value is -1.57. The Balaban J connectivity index is 2.20. The quantitative estimate of drug-likeness (QED) is 0.576. The van der Waals surface area contributed by atoms with Crippen molar-refractivity contribution in [2.75, 3.05) is 6.61 Å². The van der Waals surface area contributed by atoms with E-state index in [0.717, 1.165) is 12.8 Å². The van der Waals surface area contributed by atoms with Crippen molar-refractivity contribution < 1.29 is 9.53 Å². The third-order valence-electron chi connectivity index (χ3n) is 3.55. The summed E-state index contributed by atoms with van der Waals surface area (Å²) in [4.78, 5) is 11.4. The molecule has 0 aromatic heterocycles. The first-order chi connectivity index (χ1) is 8.09. The zero-order valence-corrected chi connectivity index (χ0v) is 10.5. The number of cyclic esters (lactones) is 1. The van der Waals surface area contributed by atoms with Gasteiger partial charge in [-0.25, -0.2) is 4.79 Å². The monoisotopic (exact) mass is 230 g/mol. The Bertz CT molecular complexity index is 440. The summed E-state index contributed by atoms with van der Waals surface area (Å²) in [6.45, 7) is 8.61. The van der Waals surface area contributed by atoms with E-state index in [-0.39, 0.29) is 11.9 Å². The van der Waals surface area contributed by atoms with Crippen LogP contribution in [0.2, 0.25) is 0 Å². The highest BCUT2D eigenvalue weighted by molar-refractivity contribution is 5.89. The average molecular weight is 230 g/mol. The van der Waals surface area contributed by atoms with Crippen molar-refractivity contribution in [1.82, 2.24) is 0 Å². The van der Waals surface area contributed by atoms with Gasteiger partial charge in [-0.3, -0.25) is 0 Å². The van der Waals surface area contributed by atoms with Crippen LogP contribution in [0.1, 0.15) is 23.1 Å². The molecule has 17 heavy (non-hydrogen) atoms. The van der Waals surface area contributed by atoms with Gasteiger partial charge in [-0.05, 0) is 49.3 Å². The minimum atomic E-state index is -0.229. The molecule has 0 radical (unpaired) electrons. The summed E-state index contributed by atoms with van der Waals surface area (Å²) in [5.74, 6) is 0.00328. The molecular formula is C15H18O2. The molecule has 0 aliphatic carbocycles. The molecule has 1 aromatic carbocycles. The summed E-state index contributed by atoms with van der Waals surface area (Å²) in [5, 5.41) is 0. The van der Waals surface area contributed by atoms with Gasteiger partial charge in [0.25, 0.3) is 0 Å². The number of carbonyl (C=O) groups excluding carboxylic acids is 1. The van der Waals surface area contributed by atoms with E-state index in [1.54, 1.807) is 0 Å². The Labute approximate surface area is 102 Å². The molecule has 0 N–H and O–H groups in total. The van der Waals surface area contributed by atoms with Crippen molar-refractivity contribution in [3.05, 3.63) is 47.0 Å². The maximum atomic E-state index is 11.4. The standard InChI is InChI=1S/C15H18O2/c1-10-5-4-6-11(2)14(10)9-13-7-8-17-15(16)12(13)3/h4-6,13H,3,7-9H2,1-2H3. The molecule has 1 aromatic rings. The van der Waals surface area contributed by atoms with Gasteiger partial charge in [-0.1, -0.05) is 24.8 Å². The fraction of sp³-hybridized carbons (Fsp3) is 0.400. The van der Waals surface area contributed by atoms with E-state index in [2.05, 4.69) is 38.6 Å². The predicted molar refractivity (Wildman–Crippen MR) is 67.8 cm³/mol. The molecule has 1 saturated heterocycles. The number of hydrogen-bond acceptors (Lipinski definition) is 2. The van der Waals surface area contributed by atoms with E-state index in [9.17, 15) is 4.79 Å². The Kier molecular flexibility index (Phi) is 3.32. The van der Waals surface area contributed by atoms with Gasteiger partial charge < -0.3 is 4.74 Å². The largest absolute Gasteiger partial charge is 0.462 e. The summed E-state index contributed by atoms with van der Waals surface area (Å²) in [6, 6.07) is 6.30. The zero-order chi connectivity index (χ0) is 12.4.